The number of nitrogens with zero attached hydrogens (tertiary/aromatic N) is 2. The van der Waals surface area contributed by atoms with Crippen LogP contribution in [0.25, 0.3) is 11.5 Å². The lowest BCUT2D eigenvalue weighted by Crippen LogP contribution is -2.44. The van der Waals surface area contributed by atoms with E-state index in [4.69, 9.17) is 4.42 Å². The third-order valence-corrected chi connectivity index (χ3v) is 5.24. The van der Waals surface area contributed by atoms with E-state index in [0.29, 0.717) is 18.5 Å². The molecule has 1 saturated carbocycles. The number of benzene rings is 1. The van der Waals surface area contributed by atoms with Crippen molar-refractivity contribution in [3.05, 3.63) is 42.3 Å². The molecule has 5 nitrogen and oxygen atoms in total. The Morgan fingerprint density at radius 1 is 1.24 bits per heavy atom. The summed E-state index contributed by atoms with van der Waals surface area (Å²) in [5, 5.41) is 3.46. The number of carbonyl (C=O) groups is 1. The van der Waals surface area contributed by atoms with Gasteiger partial charge in [-0.25, -0.2) is 4.98 Å². The van der Waals surface area contributed by atoms with Gasteiger partial charge in [0.1, 0.15) is 6.26 Å². The standard InChI is InChI=1S/C20H25N3O2/c1-20(2,13-21-16-10-11-23(19(16)24)15-8-9-15)17-12-25-18(22-17)14-6-4-3-5-7-14/h3-7,12,15-16,21H,8-11,13H2,1-2H3. The number of carbonyl (C=O) groups excluding carboxylic acids is 1. The molecule has 1 unspecified atom stereocenters. The highest BCUT2D eigenvalue weighted by Crippen LogP contribution is 2.31. The summed E-state index contributed by atoms with van der Waals surface area (Å²) in [6, 6.07) is 10.4. The summed E-state index contributed by atoms with van der Waals surface area (Å²) in [6.45, 7) is 5.85. The van der Waals surface area contributed by atoms with Gasteiger partial charge in [0.2, 0.25) is 11.8 Å². The van der Waals surface area contributed by atoms with Gasteiger partial charge in [-0.1, -0.05) is 32.0 Å². The van der Waals surface area contributed by atoms with Crippen LogP contribution in [0.1, 0.15) is 38.8 Å². The van der Waals surface area contributed by atoms with Crippen molar-refractivity contribution in [1.29, 1.82) is 0 Å². The van der Waals surface area contributed by atoms with E-state index >= 15 is 0 Å². The number of nitrogens with one attached hydrogen (secondary N) is 1. The van der Waals surface area contributed by atoms with E-state index < -0.39 is 0 Å². The number of oxazole rings is 1. The third kappa shape index (κ3) is 3.33. The monoisotopic (exact) mass is 339 g/mol. The summed E-state index contributed by atoms with van der Waals surface area (Å²) < 4.78 is 5.67. The lowest BCUT2D eigenvalue weighted by atomic mass is 9.89. The van der Waals surface area contributed by atoms with Crippen molar-refractivity contribution < 1.29 is 9.21 Å². The lowest BCUT2D eigenvalue weighted by molar-refractivity contribution is -0.129. The predicted molar refractivity (Wildman–Crippen MR) is 96.1 cm³/mol. The highest BCUT2D eigenvalue weighted by Gasteiger charge is 2.40. The molecule has 2 fully saturated rings. The second kappa shape index (κ2) is 6.30. The van der Waals surface area contributed by atoms with Crippen LogP contribution >= 0.6 is 0 Å². The Balaban J connectivity index is 1.40. The molecule has 1 aromatic carbocycles. The summed E-state index contributed by atoms with van der Waals surface area (Å²) in [4.78, 5) is 19.2. The Labute approximate surface area is 148 Å². The molecule has 5 heteroatoms. The van der Waals surface area contributed by atoms with Gasteiger partial charge < -0.3 is 14.6 Å². The number of amides is 1. The van der Waals surface area contributed by atoms with E-state index in [1.54, 1.807) is 6.26 Å². The number of likely N-dealkylation sites (tertiary alicyclic amines) is 1. The molecule has 0 bridgehead atoms. The van der Waals surface area contributed by atoms with Gasteiger partial charge in [0.05, 0.1) is 11.7 Å². The van der Waals surface area contributed by atoms with Crippen LogP contribution in [0.3, 0.4) is 0 Å². The van der Waals surface area contributed by atoms with Crippen LogP contribution in [-0.2, 0) is 10.2 Å². The zero-order chi connectivity index (χ0) is 17.4. The molecule has 1 aliphatic heterocycles. The minimum atomic E-state index is -0.205. The maximum Gasteiger partial charge on any atom is 0.240 e. The molecule has 132 valence electrons. The molecule has 0 spiro atoms. The van der Waals surface area contributed by atoms with Crippen LogP contribution in [0.5, 0.6) is 0 Å². The fraction of sp³-hybridized carbons (Fsp3) is 0.500. The van der Waals surface area contributed by atoms with Crippen LogP contribution in [0.15, 0.2) is 41.0 Å². The Morgan fingerprint density at radius 2 is 2.00 bits per heavy atom. The summed E-state index contributed by atoms with van der Waals surface area (Å²) in [6.07, 6.45) is 4.98. The van der Waals surface area contributed by atoms with Crippen molar-refractivity contribution in [2.24, 2.45) is 0 Å². The predicted octanol–water partition coefficient (Wildman–Crippen LogP) is 2.97. The molecule has 4 rings (SSSR count). The highest BCUT2D eigenvalue weighted by atomic mass is 16.3. The van der Waals surface area contributed by atoms with E-state index in [1.807, 2.05) is 35.2 Å². The van der Waals surface area contributed by atoms with Crippen LogP contribution < -0.4 is 5.32 Å². The molecule has 2 heterocycles. The Kier molecular flexibility index (Phi) is 4.12. The molecule has 1 atom stereocenters. The molecule has 2 aromatic rings. The molecule has 25 heavy (non-hydrogen) atoms. The van der Waals surface area contributed by atoms with Gasteiger partial charge in [0, 0.05) is 30.1 Å². The largest absolute Gasteiger partial charge is 0.444 e. The van der Waals surface area contributed by atoms with E-state index in [9.17, 15) is 4.79 Å². The van der Waals surface area contributed by atoms with Gasteiger partial charge in [-0.15, -0.1) is 0 Å². The fourth-order valence-corrected chi connectivity index (χ4v) is 3.41. The first-order chi connectivity index (χ1) is 12.0. The molecule has 1 aliphatic carbocycles. The maximum absolute atomic E-state index is 12.5. The van der Waals surface area contributed by atoms with Gasteiger partial charge in [-0.3, -0.25) is 4.79 Å². The van der Waals surface area contributed by atoms with Crippen LogP contribution in [-0.4, -0.2) is 41.0 Å². The quantitative estimate of drug-likeness (QED) is 0.879. The van der Waals surface area contributed by atoms with E-state index in [1.165, 1.54) is 12.8 Å². The van der Waals surface area contributed by atoms with Gasteiger partial charge in [-0.2, -0.15) is 0 Å². The first kappa shape index (κ1) is 16.3. The zero-order valence-electron chi connectivity index (χ0n) is 14.9. The van der Waals surface area contributed by atoms with Crippen molar-refractivity contribution >= 4 is 5.91 Å². The van der Waals surface area contributed by atoms with Crippen molar-refractivity contribution in [2.45, 2.75) is 50.6 Å². The van der Waals surface area contributed by atoms with Crippen LogP contribution in [0.4, 0.5) is 0 Å². The second-order valence-corrected chi connectivity index (χ2v) is 7.77. The molecule has 0 radical (unpaired) electrons. The van der Waals surface area contributed by atoms with Gasteiger partial charge in [-0.05, 0) is 31.4 Å². The Morgan fingerprint density at radius 3 is 2.72 bits per heavy atom. The average molecular weight is 339 g/mol. The summed E-state index contributed by atoms with van der Waals surface area (Å²) in [5.41, 5.74) is 1.68. The van der Waals surface area contributed by atoms with E-state index in [2.05, 4.69) is 24.1 Å². The molecule has 2 aliphatic rings. The average Bonchev–Trinajstić information content (AvgIpc) is 3.19. The highest BCUT2D eigenvalue weighted by molar-refractivity contribution is 5.84. The fourth-order valence-electron chi connectivity index (χ4n) is 3.41. The van der Waals surface area contributed by atoms with E-state index in [-0.39, 0.29) is 17.4 Å². The SMILES string of the molecule is CC(C)(CNC1CCN(C2CC2)C1=O)c1coc(-c2ccccc2)n1. The van der Waals surface area contributed by atoms with Gasteiger partial charge in [0.25, 0.3) is 0 Å². The summed E-state index contributed by atoms with van der Waals surface area (Å²) >= 11 is 0. The third-order valence-electron chi connectivity index (χ3n) is 5.24. The topological polar surface area (TPSA) is 58.4 Å². The maximum atomic E-state index is 12.5. The first-order valence-corrected chi connectivity index (χ1v) is 9.10. The first-order valence-electron chi connectivity index (χ1n) is 9.10. The zero-order valence-corrected chi connectivity index (χ0v) is 14.9. The molecule has 1 amide bonds. The lowest BCUT2D eigenvalue weighted by Gasteiger charge is -2.24. The minimum absolute atomic E-state index is 0.0552. The number of hydrogen-bond acceptors (Lipinski definition) is 4. The van der Waals surface area contributed by atoms with Crippen LogP contribution in [0.2, 0.25) is 0 Å². The van der Waals surface area contributed by atoms with Crippen molar-refractivity contribution in [2.75, 3.05) is 13.1 Å². The molecule has 1 aromatic heterocycles. The Bertz CT molecular complexity index is 749. The molecule has 1 N–H and O–H groups in total. The van der Waals surface area contributed by atoms with E-state index in [0.717, 1.165) is 24.2 Å². The number of hydrogen-bond donors (Lipinski definition) is 1. The molecular weight excluding hydrogens is 314 g/mol. The number of rotatable bonds is 6. The van der Waals surface area contributed by atoms with Gasteiger partial charge >= 0.3 is 0 Å². The second-order valence-electron chi connectivity index (χ2n) is 7.77. The number of aromatic nitrogens is 1. The normalized spacial score (nSPS) is 21.1. The minimum Gasteiger partial charge on any atom is -0.444 e. The van der Waals surface area contributed by atoms with Crippen molar-refractivity contribution in [3.8, 4) is 11.5 Å². The summed E-state index contributed by atoms with van der Waals surface area (Å²) in [7, 11) is 0. The summed E-state index contributed by atoms with van der Waals surface area (Å²) in [5.74, 6) is 0.906. The van der Waals surface area contributed by atoms with Crippen molar-refractivity contribution in [3.63, 3.8) is 0 Å². The molecular formula is C20H25N3O2. The van der Waals surface area contributed by atoms with Crippen molar-refractivity contribution in [1.82, 2.24) is 15.2 Å². The van der Waals surface area contributed by atoms with Gasteiger partial charge in [0.15, 0.2) is 0 Å². The smallest absolute Gasteiger partial charge is 0.240 e. The van der Waals surface area contributed by atoms with Crippen LogP contribution in [0, 0.1) is 0 Å². The molecule has 1 saturated heterocycles. The Hall–Kier alpha value is -2.14.